The summed E-state index contributed by atoms with van der Waals surface area (Å²) < 4.78 is 0. The van der Waals surface area contributed by atoms with Crippen LogP contribution < -0.4 is 16.0 Å². The number of anilines is 4. The van der Waals surface area contributed by atoms with Crippen LogP contribution in [0.15, 0.2) is 42.6 Å². The molecule has 1 aromatic heterocycles. The van der Waals surface area contributed by atoms with Crippen molar-refractivity contribution in [3.05, 3.63) is 42.6 Å². The molecule has 0 saturated carbocycles. The van der Waals surface area contributed by atoms with Gasteiger partial charge in [0.15, 0.2) is 0 Å². The normalized spacial score (nSPS) is 10.0. The Balaban J connectivity index is 2.14. The molecule has 88 valence electrons. The fraction of sp³-hybridized carbons (Fsp3) is 0.154. The van der Waals surface area contributed by atoms with Gasteiger partial charge in [0.1, 0.15) is 5.82 Å². The van der Waals surface area contributed by atoms with Crippen molar-refractivity contribution in [1.82, 2.24) is 4.98 Å². The van der Waals surface area contributed by atoms with E-state index in [0.29, 0.717) is 5.82 Å². The van der Waals surface area contributed by atoms with Crippen LogP contribution in [0.1, 0.15) is 0 Å². The number of aromatic nitrogens is 1. The minimum atomic E-state index is 0.514. The highest BCUT2D eigenvalue weighted by atomic mass is 15.1. The Hall–Kier alpha value is -2.23. The Morgan fingerprint density at radius 2 is 1.76 bits per heavy atom. The van der Waals surface area contributed by atoms with Gasteiger partial charge >= 0.3 is 0 Å². The molecular weight excluding hydrogens is 212 g/mol. The van der Waals surface area contributed by atoms with Crippen molar-refractivity contribution in [3.8, 4) is 0 Å². The van der Waals surface area contributed by atoms with Gasteiger partial charge in [-0.05, 0) is 30.3 Å². The van der Waals surface area contributed by atoms with Crippen molar-refractivity contribution in [1.29, 1.82) is 0 Å². The molecule has 0 aliphatic heterocycles. The standard InChI is InChI=1S/C13H16N4/c1-17(2)12-5-3-10(4-6-12)16-11-7-8-15-13(14)9-11/h3-9H,1-2H3,(H3,14,15,16). The van der Waals surface area contributed by atoms with Gasteiger partial charge in [0.05, 0.1) is 0 Å². The Morgan fingerprint density at radius 3 is 2.35 bits per heavy atom. The highest BCUT2D eigenvalue weighted by Gasteiger charge is 1.97. The maximum absolute atomic E-state index is 5.62. The van der Waals surface area contributed by atoms with Crippen molar-refractivity contribution in [2.75, 3.05) is 30.0 Å². The van der Waals surface area contributed by atoms with E-state index in [0.717, 1.165) is 11.4 Å². The van der Waals surface area contributed by atoms with Crippen molar-refractivity contribution in [2.24, 2.45) is 0 Å². The van der Waals surface area contributed by atoms with E-state index in [-0.39, 0.29) is 0 Å². The van der Waals surface area contributed by atoms with E-state index in [9.17, 15) is 0 Å². The van der Waals surface area contributed by atoms with Gasteiger partial charge in [-0.15, -0.1) is 0 Å². The average Bonchev–Trinajstić information content (AvgIpc) is 2.29. The molecule has 0 amide bonds. The van der Waals surface area contributed by atoms with E-state index in [2.05, 4.69) is 27.3 Å². The van der Waals surface area contributed by atoms with Crippen LogP contribution in [0, 0.1) is 0 Å². The minimum Gasteiger partial charge on any atom is -0.384 e. The lowest BCUT2D eigenvalue weighted by Crippen LogP contribution is -2.08. The third-order valence-corrected chi connectivity index (χ3v) is 2.45. The summed E-state index contributed by atoms with van der Waals surface area (Å²) in [6, 6.07) is 11.9. The molecule has 0 atom stereocenters. The number of benzene rings is 1. The Bertz CT molecular complexity index is 491. The largest absolute Gasteiger partial charge is 0.384 e. The zero-order chi connectivity index (χ0) is 12.3. The topological polar surface area (TPSA) is 54.2 Å². The van der Waals surface area contributed by atoms with E-state index in [1.54, 1.807) is 12.3 Å². The van der Waals surface area contributed by atoms with E-state index < -0.39 is 0 Å². The fourth-order valence-electron chi connectivity index (χ4n) is 1.54. The number of nitrogens with zero attached hydrogens (tertiary/aromatic N) is 2. The molecule has 0 bridgehead atoms. The number of pyridine rings is 1. The molecule has 2 rings (SSSR count). The number of hydrogen-bond donors (Lipinski definition) is 2. The number of nitrogen functional groups attached to an aromatic ring is 1. The van der Waals surface area contributed by atoms with Gasteiger partial charge in [0.2, 0.25) is 0 Å². The van der Waals surface area contributed by atoms with Gasteiger partial charge in [-0.25, -0.2) is 4.98 Å². The lowest BCUT2D eigenvalue weighted by Gasteiger charge is -2.13. The number of nitrogens with one attached hydrogen (secondary N) is 1. The predicted octanol–water partition coefficient (Wildman–Crippen LogP) is 2.47. The second-order valence-electron chi connectivity index (χ2n) is 4.04. The van der Waals surface area contributed by atoms with Gasteiger partial charge in [-0.1, -0.05) is 0 Å². The van der Waals surface area contributed by atoms with Crippen LogP contribution >= 0.6 is 0 Å². The zero-order valence-corrected chi connectivity index (χ0v) is 10.0. The first-order valence-electron chi connectivity index (χ1n) is 5.41. The van der Waals surface area contributed by atoms with Gasteiger partial charge in [-0.3, -0.25) is 0 Å². The molecule has 0 spiro atoms. The molecule has 1 aromatic carbocycles. The van der Waals surface area contributed by atoms with Gasteiger partial charge < -0.3 is 16.0 Å². The molecule has 3 N–H and O–H groups in total. The molecule has 1 heterocycles. The molecule has 4 nitrogen and oxygen atoms in total. The Morgan fingerprint density at radius 1 is 1.06 bits per heavy atom. The van der Waals surface area contributed by atoms with Crippen LogP contribution in [0.25, 0.3) is 0 Å². The molecule has 0 radical (unpaired) electrons. The molecule has 0 fully saturated rings. The first-order valence-corrected chi connectivity index (χ1v) is 5.41. The summed E-state index contributed by atoms with van der Waals surface area (Å²) in [5.74, 6) is 0.514. The van der Waals surface area contributed by atoms with Crippen LogP contribution in [0.5, 0.6) is 0 Å². The lowest BCUT2D eigenvalue weighted by atomic mass is 10.2. The summed E-state index contributed by atoms with van der Waals surface area (Å²) in [7, 11) is 4.04. The summed E-state index contributed by atoms with van der Waals surface area (Å²) in [5.41, 5.74) is 8.76. The minimum absolute atomic E-state index is 0.514. The molecule has 2 aromatic rings. The van der Waals surface area contributed by atoms with E-state index in [4.69, 9.17) is 5.73 Å². The number of hydrogen-bond acceptors (Lipinski definition) is 4. The Kier molecular flexibility index (Phi) is 3.14. The summed E-state index contributed by atoms with van der Waals surface area (Å²) in [6.07, 6.45) is 1.69. The monoisotopic (exact) mass is 228 g/mol. The molecule has 0 aliphatic carbocycles. The van der Waals surface area contributed by atoms with Crippen LogP contribution in [0.4, 0.5) is 22.9 Å². The van der Waals surface area contributed by atoms with Crippen LogP contribution in [0.3, 0.4) is 0 Å². The van der Waals surface area contributed by atoms with Crippen molar-refractivity contribution >= 4 is 22.9 Å². The summed E-state index contributed by atoms with van der Waals surface area (Å²) >= 11 is 0. The third-order valence-electron chi connectivity index (χ3n) is 2.45. The van der Waals surface area contributed by atoms with Gasteiger partial charge in [0.25, 0.3) is 0 Å². The molecule has 0 aliphatic rings. The summed E-state index contributed by atoms with van der Waals surface area (Å²) in [4.78, 5) is 6.01. The maximum Gasteiger partial charge on any atom is 0.125 e. The van der Waals surface area contributed by atoms with Gasteiger partial charge in [-0.2, -0.15) is 0 Å². The van der Waals surface area contributed by atoms with Crippen molar-refractivity contribution in [3.63, 3.8) is 0 Å². The quantitative estimate of drug-likeness (QED) is 0.847. The Labute approximate surface area is 101 Å². The summed E-state index contributed by atoms with van der Waals surface area (Å²) in [5, 5.41) is 3.27. The van der Waals surface area contributed by atoms with E-state index in [1.807, 2.05) is 32.3 Å². The molecule has 17 heavy (non-hydrogen) atoms. The van der Waals surface area contributed by atoms with Crippen molar-refractivity contribution in [2.45, 2.75) is 0 Å². The second-order valence-corrected chi connectivity index (χ2v) is 4.04. The van der Waals surface area contributed by atoms with Crippen LogP contribution in [-0.2, 0) is 0 Å². The number of rotatable bonds is 3. The number of nitrogens with two attached hydrogens (primary N) is 1. The SMILES string of the molecule is CN(C)c1ccc(Nc2ccnc(N)c2)cc1. The molecule has 0 saturated heterocycles. The molecular formula is C13H16N4. The highest BCUT2D eigenvalue weighted by Crippen LogP contribution is 2.20. The van der Waals surface area contributed by atoms with E-state index in [1.165, 1.54) is 5.69 Å². The second kappa shape index (κ2) is 4.74. The zero-order valence-electron chi connectivity index (χ0n) is 10.0. The smallest absolute Gasteiger partial charge is 0.125 e. The van der Waals surface area contributed by atoms with Crippen LogP contribution in [-0.4, -0.2) is 19.1 Å². The first-order chi connectivity index (χ1) is 8.15. The highest BCUT2D eigenvalue weighted by molar-refractivity contribution is 5.64. The summed E-state index contributed by atoms with van der Waals surface area (Å²) in [6.45, 7) is 0. The lowest BCUT2D eigenvalue weighted by molar-refractivity contribution is 1.13. The molecule has 4 heteroatoms. The average molecular weight is 228 g/mol. The molecule has 0 unspecified atom stereocenters. The van der Waals surface area contributed by atoms with E-state index >= 15 is 0 Å². The fourth-order valence-corrected chi connectivity index (χ4v) is 1.54. The van der Waals surface area contributed by atoms with Crippen LogP contribution in [0.2, 0.25) is 0 Å². The predicted molar refractivity (Wildman–Crippen MR) is 72.7 cm³/mol. The van der Waals surface area contributed by atoms with Gasteiger partial charge in [0, 0.05) is 43.4 Å². The van der Waals surface area contributed by atoms with Crippen molar-refractivity contribution < 1.29 is 0 Å². The third kappa shape index (κ3) is 2.87. The maximum atomic E-state index is 5.62. The first kappa shape index (κ1) is 11.3.